The maximum atomic E-state index is 5.92. The summed E-state index contributed by atoms with van der Waals surface area (Å²) in [7, 11) is -7.33. The molecule has 0 aromatic heterocycles. The molecule has 9 heteroatoms. The molecule has 0 saturated carbocycles. The molecule has 1 aliphatic rings. The third kappa shape index (κ3) is 4.89. The lowest BCUT2D eigenvalue weighted by Gasteiger charge is -2.35. The molecule has 0 amide bonds. The largest absolute Gasteiger partial charge is 0.479 e. The summed E-state index contributed by atoms with van der Waals surface area (Å²) in [4.78, 5) is 0. The Morgan fingerprint density at radius 3 is 1.94 bits per heavy atom. The van der Waals surface area contributed by atoms with Crippen molar-refractivity contribution in [1.29, 1.82) is 0 Å². The molecule has 2 unspecified atom stereocenters. The van der Waals surface area contributed by atoms with Gasteiger partial charge < -0.3 is 20.9 Å². The smallest absolute Gasteiger partial charge is 0.420 e. The second-order valence-electron chi connectivity index (χ2n) is 3.92. The van der Waals surface area contributed by atoms with E-state index >= 15 is 0 Å². The van der Waals surface area contributed by atoms with Crippen molar-refractivity contribution >= 4 is 36.7 Å². The molecule has 16 heavy (non-hydrogen) atoms. The van der Waals surface area contributed by atoms with E-state index < -0.39 is 36.7 Å². The highest BCUT2D eigenvalue weighted by atomic mass is 28.5. The van der Waals surface area contributed by atoms with E-state index in [2.05, 4.69) is 6.92 Å². The topological polar surface area (TPSA) is 46.2 Å². The summed E-state index contributed by atoms with van der Waals surface area (Å²) in [6, 6.07) is 0. The first-order chi connectivity index (χ1) is 7.45. The predicted octanol–water partition coefficient (Wildman–Crippen LogP) is 0.613. The maximum Gasteiger partial charge on any atom is 0.479 e. The van der Waals surface area contributed by atoms with Crippen LogP contribution in [0, 0.1) is 0 Å². The Bertz CT molecular complexity index is 205. The van der Waals surface area contributed by atoms with Crippen LogP contribution in [0.15, 0.2) is 0 Å². The molecule has 1 rings (SSSR count). The molecular formula is C7H22O5Si4. The molecule has 0 N–H and O–H groups in total. The van der Waals surface area contributed by atoms with Gasteiger partial charge in [0, 0.05) is 13.2 Å². The van der Waals surface area contributed by atoms with Crippen LogP contribution in [0.3, 0.4) is 0 Å². The van der Waals surface area contributed by atoms with E-state index in [0.29, 0.717) is 6.61 Å². The van der Waals surface area contributed by atoms with Crippen LogP contribution in [0.5, 0.6) is 0 Å². The molecule has 0 bridgehead atoms. The highest BCUT2D eigenvalue weighted by Gasteiger charge is 2.41. The first kappa shape index (κ1) is 14.7. The Morgan fingerprint density at radius 2 is 1.50 bits per heavy atom. The van der Waals surface area contributed by atoms with Crippen LogP contribution in [0.4, 0.5) is 0 Å². The first-order valence-electron chi connectivity index (χ1n) is 5.75. The standard InChI is InChI=1S/C7H22O5Si4/c1-6-7-8-16(5)11-14(3)9-13(2)10-15(4)12-16/h13-15H,6-7H2,1-5H3. The summed E-state index contributed by atoms with van der Waals surface area (Å²) in [6.45, 7) is 10.7. The van der Waals surface area contributed by atoms with Gasteiger partial charge in [-0.15, -0.1) is 0 Å². The van der Waals surface area contributed by atoms with E-state index in [1.807, 2.05) is 26.2 Å². The van der Waals surface area contributed by atoms with Crippen molar-refractivity contribution < 1.29 is 20.9 Å². The lowest BCUT2D eigenvalue weighted by atomic mass is 10.5. The van der Waals surface area contributed by atoms with Crippen molar-refractivity contribution in [3.05, 3.63) is 0 Å². The van der Waals surface area contributed by atoms with Crippen molar-refractivity contribution in [2.75, 3.05) is 6.61 Å². The molecule has 1 heterocycles. The zero-order valence-corrected chi connectivity index (χ0v) is 15.2. The summed E-state index contributed by atoms with van der Waals surface area (Å²) in [5, 5.41) is 0. The molecule has 0 radical (unpaired) electrons. The Kier molecular flexibility index (Phi) is 6.04. The molecule has 1 aliphatic heterocycles. The predicted molar refractivity (Wildman–Crippen MR) is 71.2 cm³/mol. The summed E-state index contributed by atoms with van der Waals surface area (Å²) in [5.74, 6) is 0. The van der Waals surface area contributed by atoms with Gasteiger partial charge in [0.2, 0.25) is 0 Å². The van der Waals surface area contributed by atoms with Gasteiger partial charge in [-0.1, -0.05) is 6.92 Å². The first-order valence-corrected chi connectivity index (χ1v) is 14.3. The molecular weight excluding hydrogens is 276 g/mol. The molecule has 2 atom stereocenters. The van der Waals surface area contributed by atoms with Crippen molar-refractivity contribution in [2.45, 2.75) is 39.5 Å². The molecule has 0 aromatic rings. The normalized spacial score (nSPS) is 41.4. The second-order valence-corrected chi connectivity index (χ2v) is 13.4. The summed E-state index contributed by atoms with van der Waals surface area (Å²) in [6.07, 6.45) is 0.966. The van der Waals surface area contributed by atoms with Crippen LogP contribution < -0.4 is 0 Å². The third-order valence-corrected chi connectivity index (χ3v) is 15.0. The fourth-order valence-corrected chi connectivity index (χ4v) is 14.9. The average Bonchev–Trinajstić information content (AvgIpc) is 2.11. The molecule has 0 aliphatic carbocycles. The van der Waals surface area contributed by atoms with Crippen molar-refractivity contribution in [2.24, 2.45) is 0 Å². The lowest BCUT2D eigenvalue weighted by molar-refractivity contribution is 0.145. The van der Waals surface area contributed by atoms with Crippen molar-refractivity contribution in [1.82, 2.24) is 0 Å². The van der Waals surface area contributed by atoms with Gasteiger partial charge in [0.1, 0.15) is 0 Å². The van der Waals surface area contributed by atoms with Gasteiger partial charge in [-0.25, -0.2) is 0 Å². The van der Waals surface area contributed by atoms with Gasteiger partial charge >= 0.3 is 27.4 Å². The Hall–Kier alpha value is 0.668. The fraction of sp³-hybridized carbons (Fsp3) is 1.00. The van der Waals surface area contributed by atoms with Gasteiger partial charge in [0.25, 0.3) is 9.28 Å². The lowest BCUT2D eigenvalue weighted by Crippen LogP contribution is -2.55. The second kappa shape index (κ2) is 6.56. The average molecular weight is 299 g/mol. The van der Waals surface area contributed by atoms with Gasteiger partial charge in [-0.05, 0) is 26.1 Å². The summed E-state index contributed by atoms with van der Waals surface area (Å²) >= 11 is 0. The Balaban J connectivity index is 2.61. The summed E-state index contributed by atoms with van der Waals surface area (Å²) < 4.78 is 29.2. The zero-order valence-electron chi connectivity index (χ0n) is 10.7. The SMILES string of the molecule is CCCO[Si]1(C)O[SiH](C)O[SiH](C)O[SiH](C)O1. The minimum absolute atomic E-state index is 0.679. The molecule has 5 nitrogen and oxygen atoms in total. The van der Waals surface area contributed by atoms with Crippen LogP contribution >= 0.6 is 0 Å². The van der Waals surface area contributed by atoms with Crippen LogP contribution in [0.25, 0.3) is 0 Å². The summed E-state index contributed by atoms with van der Waals surface area (Å²) in [5.41, 5.74) is 0. The number of hydrogen-bond donors (Lipinski definition) is 0. The molecule has 0 aromatic carbocycles. The number of rotatable bonds is 3. The highest BCUT2D eigenvalue weighted by molar-refractivity contribution is 6.77. The van der Waals surface area contributed by atoms with Crippen LogP contribution in [0.2, 0.25) is 26.2 Å². The van der Waals surface area contributed by atoms with E-state index in [4.69, 9.17) is 20.9 Å². The monoisotopic (exact) mass is 298 g/mol. The third-order valence-electron chi connectivity index (χ3n) is 2.10. The van der Waals surface area contributed by atoms with E-state index in [-0.39, 0.29) is 0 Å². The van der Waals surface area contributed by atoms with E-state index in [9.17, 15) is 0 Å². The zero-order chi connectivity index (χ0) is 12.2. The van der Waals surface area contributed by atoms with Gasteiger partial charge in [-0.2, -0.15) is 0 Å². The maximum absolute atomic E-state index is 5.92. The van der Waals surface area contributed by atoms with Gasteiger partial charge in [0.15, 0.2) is 0 Å². The molecule has 1 saturated heterocycles. The fourth-order valence-electron chi connectivity index (χ4n) is 1.61. The van der Waals surface area contributed by atoms with Gasteiger partial charge in [-0.3, -0.25) is 0 Å². The van der Waals surface area contributed by atoms with E-state index in [1.165, 1.54) is 0 Å². The molecule has 0 spiro atoms. The van der Waals surface area contributed by atoms with Crippen LogP contribution in [-0.2, 0) is 20.9 Å². The molecule has 1 fully saturated rings. The Labute approximate surface area is 104 Å². The molecule has 96 valence electrons. The van der Waals surface area contributed by atoms with Crippen molar-refractivity contribution in [3.63, 3.8) is 0 Å². The van der Waals surface area contributed by atoms with Crippen LogP contribution in [0.1, 0.15) is 13.3 Å². The minimum Gasteiger partial charge on any atom is -0.420 e. The van der Waals surface area contributed by atoms with E-state index in [0.717, 1.165) is 6.42 Å². The van der Waals surface area contributed by atoms with E-state index in [1.54, 1.807) is 0 Å². The highest BCUT2D eigenvalue weighted by Crippen LogP contribution is 2.17. The minimum atomic E-state index is -2.50. The van der Waals surface area contributed by atoms with Crippen molar-refractivity contribution in [3.8, 4) is 0 Å². The van der Waals surface area contributed by atoms with Crippen LogP contribution in [-0.4, -0.2) is 43.3 Å². The Morgan fingerprint density at radius 1 is 1.00 bits per heavy atom. The number of hydrogen-bond acceptors (Lipinski definition) is 5. The quantitative estimate of drug-likeness (QED) is 0.715. The van der Waals surface area contributed by atoms with Gasteiger partial charge in [0.05, 0.1) is 0 Å².